The molecule has 1 aliphatic rings. The van der Waals surface area contributed by atoms with Crippen LogP contribution in [0.1, 0.15) is 23.2 Å². The lowest BCUT2D eigenvalue weighted by Gasteiger charge is -2.33. The van der Waals surface area contributed by atoms with Gasteiger partial charge in [-0.05, 0) is 50.0 Å². The van der Waals surface area contributed by atoms with E-state index in [4.69, 9.17) is 5.11 Å². The minimum Gasteiger partial charge on any atom is -0.395 e. The molecule has 0 aliphatic carbocycles. The molecular formula is C22H27N5O2. The van der Waals surface area contributed by atoms with Crippen molar-refractivity contribution in [2.45, 2.75) is 12.8 Å². The van der Waals surface area contributed by atoms with E-state index in [-0.39, 0.29) is 12.5 Å². The third kappa shape index (κ3) is 4.31. The SMILES string of the molecule is CN(CC1CCN(CCO)CC1)C(=O)c1cnc2c(c1)ncn2-c1ccccc1. The quantitative estimate of drug-likeness (QED) is 0.695. The molecule has 0 atom stereocenters. The highest BCUT2D eigenvalue weighted by Gasteiger charge is 2.23. The third-order valence-corrected chi connectivity index (χ3v) is 5.67. The zero-order chi connectivity index (χ0) is 20.2. The van der Waals surface area contributed by atoms with Crippen molar-refractivity contribution in [2.24, 2.45) is 5.92 Å². The first-order valence-electron chi connectivity index (χ1n) is 10.1. The zero-order valence-corrected chi connectivity index (χ0v) is 16.7. The van der Waals surface area contributed by atoms with Crippen LogP contribution in [0.2, 0.25) is 0 Å². The summed E-state index contributed by atoms with van der Waals surface area (Å²) in [6, 6.07) is 11.7. The second-order valence-electron chi connectivity index (χ2n) is 7.71. The van der Waals surface area contributed by atoms with Crippen molar-refractivity contribution in [3.63, 3.8) is 0 Å². The smallest absolute Gasteiger partial charge is 0.255 e. The van der Waals surface area contributed by atoms with Crippen LogP contribution < -0.4 is 0 Å². The lowest BCUT2D eigenvalue weighted by atomic mass is 9.96. The highest BCUT2D eigenvalue weighted by molar-refractivity contribution is 5.96. The average molecular weight is 393 g/mol. The second-order valence-corrected chi connectivity index (χ2v) is 7.71. The summed E-state index contributed by atoms with van der Waals surface area (Å²) in [4.78, 5) is 25.9. The molecule has 0 spiro atoms. The molecule has 7 heteroatoms. The van der Waals surface area contributed by atoms with Crippen LogP contribution in [-0.2, 0) is 0 Å². The number of aliphatic hydroxyl groups is 1. The third-order valence-electron chi connectivity index (χ3n) is 5.67. The van der Waals surface area contributed by atoms with Crippen LogP contribution in [0.25, 0.3) is 16.9 Å². The Kier molecular flexibility index (Phi) is 5.87. The summed E-state index contributed by atoms with van der Waals surface area (Å²) in [6.07, 6.45) is 5.49. The van der Waals surface area contributed by atoms with Gasteiger partial charge >= 0.3 is 0 Å². The molecule has 1 fully saturated rings. The van der Waals surface area contributed by atoms with Crippen LogP contribution in [0.5, 0.6) is 0 Å². The van der Waals surface area contributed by atoms with E-state index in [1.54, 1.807) is 17.4 Å². The molecule has 0 saturated carbocycles. The Hall–Kier alpha value is -2.77. The number of piperidine rings is 1. The van der Waals surface area contributed by atoms with Crippen LogP contribution in [0.4, 0.5) is 0 Å². The van der Waals surface area contributed by atoms with Gasteiger partial charge in [0.2, 0.25) is 0 Å². The Morgan fingerprint density at radius 3 is 2.69 bits per heavy atom. The molecule has 152 valence electrons. The van der Waals surface area contributed by atoms with Crippen LogP contribution in [0, 0.1) is 5.92 Å². The van der Waals surface area contributed by atoms with E-state index in [0.29, 0.717) is 17.0 Å². The van der Waals surface area contributed by atoms with Gasteiger partial charge in [-0.2, -0.15) is 0 Å². The lowest BCUT2D eigenvalue weighted by molar-refractivity contribution is 0.0732. The number of carbonyl (C=O) groups excluding carboxylic acids is 1. The lowest BCUT2D eigenvalue weighted by Crippen LogP contribution is -2.40. The standard InChI is InChI=1S/C22H27N5O2/c1-25(15-17-7-9-26(10-8-17)11-12-28)22(29)18-13-20-21(23-14-18)27(16-24-20)19-5-3-2-4-6-19/h2-6,13-14,16-17,28H,7-12,15H2,1H3. The van der Waals surface area contributed by atoms with E-state index in [1.807, 2.05) is 48.0 Å². The Morgan fingerprint density at radius 1 is 1.21 bits per heavy atom. The van der Waals surface area contributed by atoms with Crippen LogP contribution in [0.15, 0.2) is 48.9 Å². The molecule has 2 aromatic heterocycles. The molecule has 1 aromatic carbocycles. The number of imidazole rings is 1. The minimum absolute atomic E-state index is 0.0218. The van der Waals surface area contributed by atoms with Crippen molar-refractivity contribution in [1.82, 2.24) is 24.3 Å². The van der Waals surface area contributed by atoms with Crippen molar-refractivity contribution in [3.8, 4) is 5.69 Å². The fourth-order valence-corrected chi connectivity index (χ4v) is 4.02. The number of fused-ring (bicyclic) bond motifs is 1. The summed E-state index contributed by atoms with van der Waals surface area (Å²) in [5.41, 5.74) is 3.01. The summed E-state index contributed by atoms with van der Waals surface area (Å²) in [7, 11) is 1.86. The van der Waals surface area contributed by atoms with Crippen molar-refractivity contribution in [3.05, 3.63) is 54.5 Å². The van der Waals surface area contributed by atoms with Gasteiger partial charge in [0.05, 0.1) is 12.2 Å². The zero-order valence-electron chi connectivity index (χ0n) is 16.7. The van der Waals surface area contributed by atoms with Gasteiger partial charge in [-0.15, -0.1) is 0 Å². The Balaban J connectivity index is 1.43. The Bertz CT molecular complexity index is 964. The first-order valence-corrected chi connectivity index (χ1v) is 10.1. The molecule has 0 unspecified atom stereocenters. The molecule has 1 amide bonds. The van der Waals surface area contributed by atoms with E-state index < -0.39 is 0 Å². The second kappa shape index (κ2) is 8.71. The molecule has 1 aliphatic heterocycles. The topological polar surface area (TPSA) is 74.5 Å². The monoisotopic (exact) mass is 393 g/mol. The summed E-state index contributed by atoms with van der Waals surface area (Å²) in [6.45, 7) is 3.65. The number of likely N-dealkylation sites (tertiary alicyclic amines) is 1. The molecule has 4 rings (SSSR count). The highest BCUT2D eigenvalue weighted by atomic mass is 16.3. The molecule has 0 bridgehead atoms. The van der Waals surface area contributed by atoms with Crippen molar-refractivity contribution < 1.29 is 9.90 Å². The first kappa shape index (κ1) is 19.5. The number of pyridine rings is 1. The van der Waals surface area contributed by atoms with Gasteiger partial charge in [-0.1, -0.05) is 18.2 Å². The van der Waals surface area contributed by atoms with E-state index in [9.17, 15) is 4.79 Å². The van der Waals surface area contributed by atoms with Crippen molar-refractivity contribution in [1.29, 1.82) is 0 Å². The van der Waals surface area contributed by atoms with Gasteiger partial charge in [0.15, 0.2) is 5.65 Å². The van der Waals surface area contributed by atoms with E-state index in [2.05, 4.69) is 14.9 Å². The van der Waals surface area contributed by atoms with Gasteiger partial charge < -0.3 is 14.9 Å². The van der Waals surface area contributed by atoms with Gasteiger partial charge in [0.1, 0.15) is 11.8 Å². The highest BCUT2D eigenvalue weighted by Crippen LogP contribution is 2.20. The number of hydrogen-bond donors (Lipinski definition) is 1. The molecule has 3 aromatic rings. The van der Waals surface area contributed by atoms with E-state index in [0.717, 1.165) is 50.4 Å². The maximum atomic E-state index is 12.9. The predicted molar refractivity (Wildman–Crippen MR) is 112 cm³/mol. The van der Waals surface area contributed by atoms with Gasteiger partial charge in [-0.3, -0.25) is 9.36 Å². The molecule has 3 heterocycles. The largest absolute Gasteiger partial charge is 0.395 e. The van der Waals surface area contributed by atoms with Gasteiger partial charge in [0, 0.05) is 32.0 Å². The average Bonchev–Trinajstić information content (AvgIpc) is 3.18. The number of nitrogens with zero attached hydrogens (tertiary/aromatic N) is 5. The summed E-state index contributed by atoms with van der Waals surface area (Å²) >= 11 is 0. The number of benzene rings is 1. The number of para-hydroxylation sites is 1. The van der Waals surface area contributed by atoms with Crippen molar-refractivity contribution in [2.75, 3.05) is 39.8 Å². The number of aromatic nitrogens is 3. The number of aliphatic hydroxyl groups excluding tert-OH is 1. The molecule has 29 heavy (non-hydrogen) atoms. The van der Waals surface area contributed by atoms with Crippen LogP contribution in [0.3, 0.4) is 0 Å². The number of rotatable bonds is 6. The number of amides is 1. The Morgan fingerprint density at radius 2 is 1.97 bits per heavy atom. The van der Waals surface area contributed by atoms with Crippen molar-refractivity contribution >= 4 is 17.1 Å². The molecule has 0 radical (unpaired) electrons. The Labute approximate surface area is 170 Å². The minimum atomic E-state index is -0.0218. The number of carbonyl (C=O) groups is 1. The molecule has 1 N–H and O–H groups in total. The summed E-state index contributed by atoms with van der Waals surface area (Å²) in [5.74, 6) is 0.472. The number of hydrogen-bond acceptors (Lipinski definition) is 5. The maximum absolute atomic E-state index is 12.9. The molecular weight excluding hydrogens is 366 g/mol. The van der Waals surface area contributed by atoms with Gasteiger partial charge in [0.25, 0.3) is 5.91 Å². The first-order chi connectivity index (χ1) is 14.2. The fraction of sp³-hybridized carbons (Fsp3) is 0.409. The predicted octanol–water partition coefficient (Wildman–Crippen LogP) is 2.20. The normalized spacial score (nSPS) is 15.7. The van der Waals surface area contributed by atoms with E-state index >= 15 is 0 Å². The van der Waals surface area contributed by atoms with Crippen LogP contribution >= 0.6 is 0 Å². The van der Waals surface area contributed by atoms with Gasteiger partial charge in [-0.25, -0.2) is 9.97 Å². The summed E-state index contributed by atoms with van der Waals surface area (Å²) in [5, 5.41) is 9.06. The summed E-state index contributed by atoms with van der Waals surface area (Å²) < 4.78 is 1.92. The molecule has 1 saturated heterocycles. The molecule has 7 nitrogen and oxygen atoms in total. The fourth-order valence-electron chi connectivity index (χ4n) is 4.02. The maximum Gasteiger partial charge on any atom is 0.255 e. The van der Waals surface area contributed by atoms with Crippen LogP contribution in [-0.4, -0.2) is 75.2 Å². The van der Waals surface area contributed by atoms with E-state index in [1.165, 1.54) is 0 Å². The number of β-amino-alcohol motifs (C(OH)–C–C–N with tert-alkyl or cyclic N) is 1.